The highest BCUT2D eigenvalue weighted by atomic mass is 79.9. The third kappa shape index (κ3) is 6.13. The minimum Gasteiger partial charge on any atom is -0.311 e. The van der Waals surface area contributed by atoms with Gasteiger partial charge in [0.1, 0.15) is 0 Å². The van der Waals surface area contributed by atoms with Gasteiger partial charge in [0.2, 0.25) is 0 Å². The SMILES string of the molecule is Brc1ccc(N(c2ccc(Br)cc2)c2ccc(C=NN(Cc3cccs3)c3ccccc3)cc2)cc1. The number of rotatable bonds is 8. The second kappa shape index (κ2) is 11.7. The number of hydrogen-bond donors (Lipinski definition) is 0. The molecule has 0 spiro atoms. The third-order valence-electron chi connectivity index (χ3n) is 5.61. The fraction of sp³-hybridized carbons (Fsp3) is 0.0333. The summed E-state index contributed by atoms with van der Waals surface area (Å²) in [6.07, 6.45) is 1.92. The van der Waals surface area contributed by atoms with E-state index in [4.69, 9.17) is 5.10 Å². The summed E-state index contributed by atoms with van der Waals surface area (Å²) >= 11 is 8.84. The molecule has 0 atom stereocenters. The highest BCUT2D eigenvalue weighted by molar-refractivity contribution is 9.10. The molecule has 1 heterocycles. The summed E-state index contributed by atoms with van der Waals surface area (Å²) in [7, 11) is 0. The van der Waals surface area contributed by atoms with Crippen molar-refractivity contribution < 1.29 is 0 Å². The predicted molar refractivity (Wildman–Crippen MR) is 161 cm³/mol. The van der Waals surface area contributed by atoms with Gasteiger partial charge in [-0.15, -0.1) is 11.3 Å². The first kappa shape index (κ1) is 24.5. The Morgan fingerprint density at radius 1 is 0.611 bits per heavy atom. The van der Waals surface area contributed by atoms with Crippen molar-refractivity contribution in [3.05, 3.63) is 140 Å². The Morgan fingerprint density at radius 2 is 1.17 bits per heavy atom. The summed E-state index contributed by atoms with van der Waals surface area (Å²) < 4.78 is 2.11. The summed E-state index contributed by atoms with van der Waals surface area (Å²) in [5.74, 6) is 0. The van der Waals surface area contributed by atoms with Crippen molar-refractivity contribution in [2.75, 3.05) is 9.91 Å². The minimum atomic E-state index is 0.733. The van der Waals surface area contributed by atoms with Crippen LogP contribution in [-0.2, 0) is 6.54 Å². The monoisotopic (exact) mass is 615 g/mol. The first-order valence-electron chi connectivity index (χ1n) is 11.5. The first-order chi connectivity index (χ1) is 17.7. The van der Waals surface area contributed by atoms with Crippen LogP contribution in [0.25, 0.3) is 0 Å². The summed E-state index contributed by atoms with van der Waals surface area (Å²) in [4.78, 5) is 3.51. The van der Waals surface area contributed by atoms with E-state index in [1.165, 1.54) is 4.88 Å². The van der Waals surface area contributed by atoms with Gasteiger partial charge in [0.05, 0.1) is 18.4 Å². The van der Waals surface area contributed by atoms with Crippen LogP contribution in [0.2, 0.25) is 0 Å². The van der Waals surface area contributed by atoms with Crippen molar-refractivity contribution in [3.63, 3.8) is 0 Å². The van der Waals surface area contributed by atoms with E-state index in [1.54, 1.807) is 11.3 Å². The number of anilines is 4. The molecule has 0 N–H and O–H groups in total. The molecular formula is C30H23Br2N3S. The molecule has 178 valence electrons. The average molecular weight is 617 g/mol. The van der Waals surface area contributed by atoms with Gasteiger partial charge < -0.3 is 4.90 Å². The lowest BCUT2D eigenvalue weighted by atomic mass is 10.1. The van der Waals surface area contributed by atoms with Gasteiger partial charge in [-0.1, -0.05) is 68.3 Å². The van der Waals surface area contributed by atoms with Gasteiger partial charge in [-0.05, 0) is 89.8 Å². The van der Waals surface area contributed by atoms with Crippen LogP contribution in [0.3, 0.4) is 0 Å². The molecule has 0 aliphatic carbocycles. The molecule has 0 unspecified atom stereocenters. The number of thiophene rings is 1. The molecule has 0 aliphatic rings. The van der Waals surface area contributed by atoms with E-state index < -0.39 is 0 Å². The number of halogens is 2. The smallest absolute Gasteiger partial charge is 0.0759 e. The maximum Gasteiger partial charge on any atom is 0.0759 e. The zero-order valence-corrected chi connectivity index (χ0v) is 23.3. The second-order valence-corrected chi connectivity index (χ2v) is 11.0. The zero-order chi connectivity index (χ0) is 24.7. The molecule has 36 heavy (non-hydrogen) atoms. The van der Waals surface area contributed by atoms with E-state index in [0.29, 0.717) is 0 Å². The Kier molecular flexibility index (Phi) is 7.96. The fourth-order valence-corrected chi connectivity index (χ4v) is 5.04. The molecular weight excluding hydrogens is 594 g/mol. The molecule has 4 aromatic carbocycles. The molecule has 0 amide bonds. The van der Waals surface area contributed by atoms with Crippen molar-refractivity contribution in [1.82, 2.24) is 0 Å². The zero-order valence-electron chi connectivity index (χ0n) is 19.3. The Bertz CT molecular complexity index is 1360. The highest BCUT2D eigenvalue weighted by Crippen LogP contribution is 2.35. The number of hydrogen-bond acceptors (Lipinski definition) is 4. The van der Waals surface area contributed by atoms with Crippen molar-refractivity contribution in [2.45, 2.75) is 6.54 Å². The second-order valence-electron chi connectivity index (χ2n) is 8.10. The summed E-state index contributed by atoms with van der Waals surface area (Å²) in [5.41, 5.74) is 5.37. The van der Waals surface area contributed by atoms with Crippen LogP contribution in [-0.4, -0.2) is 6.21 Å². The van der Waals surface area contributed by atoms with Crippen LogP contribution in [0.5, 0.6) is 0 Å². The lowest BCUT2D eigenvalue weighted by Crippen LogP contribution is -2.15. The van der Waals surface area contributed by atoms with E-state index >= 15 is 0 Å². The average Bonchev–Trinajstić information content (AvgIpc) is 3.43. The van der Waals surface area contributed by atoms with Crippen LogP contribution in [0.15, 0.2) is 135 Å². The number of benzene rings is 4. The molecule has 0 saturated heterocycles. The molecule has 0 fully saturated rings. The van der Waals surface area contributed by atoms with Crippen molar-refractivity contribution in [2.24, 2.45) is 5.10 Å². The maximum absolute atomic E-state index is 4.84. The van der Waals surface area contributed by atoms with Gasteiger partial charge in [0.15, 0.2) is 0 Å². The van der Waals surface area contributed by atoms with Crippen LogP contribution in [0.4, 0.5) is 22.7 Å². The number of nitrogens with zero attached hydrogens (tertiary/aromatic N) is 3. The van der Waals surface area contributed by atoms with Crippen LogP contribution >= 0.6 is 43.2 Å². The van der Waals surface area contributed by atoms with E-state index in [0.717, 1.165) is 43.8 Å². The quantitative estimate of drug-likeness (QED) is 0.128. The fourth-order valence-electron chi connectivity index (χ4n) is 3.82. The summed E-state index contributed by atoms with van der Waals surface area (Å²) in [6, 6.07) is 39.7. The molecule has 0 bridgehead atoms. The Morgan fingerprint density at radius 3 is 1.69 bits per heavy atom. The Labute approximate surface area is 232 Å². The van der Waals surface area contributed by atoms with Crippen LogP contribution in [0.1, 0.15) is 10.4 Å². The lowest BCUT2D eigenvalue weighted by Gasteiger charge is -2.25. The van der Waals surface area contributed by atoms with E-state index in [1.807, 2.05) is 29.4 Å². The lowest BCUT2D eigenvalue weighted by molar-refractivity contribution is 0.871. The van der Waals surface area contributed by atoms with Gasteiger partial charge in [-0.25, -0.2) is 0 Å². The molecule has 5 aromatic rings. The van der Waals surface area contributed by atoms with Crippen molar-refractivity contribution >= 4 is 72.2 Å². The minimum absolute atomic E-state index is 0.733. The summed E-state index contributed by atoms with van der Waals surface area (Å²) in [5, 5.41) is 8.98. The molecule has 0 radical (unpaired) electrons. The van der Waals surface area contributed by atoms with E-state index in [9.17, 15) is 0 Å². The summed E-state index contributed by atoms with van der Waals surface area (Å²) in [6.45, 7) is 0.733. The third-order valence-corrected chi connectivity index (χ3v) is 7.53. The predicted octanol–water partition coefficient (Wildman–Crippen LogP) is 9.78. The standard InChI is InChI=1S/C30H23Br2N3S/c31-24-10-16-28(17-11-24)35(29-18-12-25(32)13-19-29)27-14-8-23(9-15-27)21-33-34(22-30-7-4-20-36-30)26-5-2-1-3-6-26/h1-21H,22H2. The van der Waals surface area contributed by atoms with Gasteiger partial charge in [-0.2, -0.15) is 5.10 Å². The Hall–Kier alpha value is -3.19. The topological polar surface area (TPSA) is 18.8 Å². The van der Waals surface area contributed by atoms with Crippen LogP contribution in [0, 0.1) is 0 Å². The van der Waals surface area contributed by atoms with Gasteiger partial charge in [-0.3, -0.25) is 5.01 Å². The van der Waals surface area contributed by atoms with Crippen LogP contribution < -0.4 is 9.91 Å². The Balaban J connectivity index is 1.42. The van der Waals surface area contributed by atoms with E-state index in [2.05, 4.69) is 139 Å². The normalized spacial score (nSPS) is 11.1. The number of hydrazone groups is 1. The molecule has 6 heteroatoms. The molecule has 5 rings (SSSR count). The number of para-hydroxylation sites is 1. The maximum atomic E-state index is 4.84. The van der Waals surface area contributed by atoms with E-state index in [-0.39, 0.29) is 0 Å². The van der Waals surface area contributed by atoms with Gasteiger partial charge in [0.25, 0.3) is 0 Å². The van der Waals surface area contributed by atoms with Gasteiger partial charge >= 0.3 is 0 Å². The van der Waals surface area contributed by atoms with Crippen molar-refractivity contribution in [1.29, 1.82) is 0 Å². The molecule has 0 aliphatic heterocycles. The van der Waals surface area contributed by atoms with Gasteiger partial charge in [0, 0.05) is 30.9 Å². The largest absolute Gasteiger partial charge is 0.311 e. The molecule has 0 saturated carbocycles. The molecule has 3 nitrogen and oxygen atoms in total. The highest BCUT2D eigenvalue weighted by Gasteiger charge is 2.12. The first-order valence-corrected chi connectivity index (χ1v) is 13.9. The van der Waals surface area contributed by atoms with Crippen molar-refractivity contribution in [3.8, 4) is 0 Å². The molecule has 1 aromatic heterocycles.